The molecule has 0 aliphatic carbocycles. The molecular weight excluding hydrogens is 476 g/mol. The maximum Gasteiger partial charge on any atom is 0.387 e. The van der Waals surface area contributed by atoms with Gasteiger partial charge in [0, 0.05) is 30.2 Å². The number of rotatable bonds is 10. The van der Waals surface area contributed by atoms with Crippen LogP contribution in [0.2, 0.25) is 0 Å². The second-order valence-electron chi connectivity index (χ2n) is 7.15. The molecule has 2 aromatic carbocycles. The first-order chi connectivity index (χ1) is 17.0. The summed E-state index contributed by atoms with van der Waals surface area (Å²) in [5, 5.41) is 12.0. The molecule has 0 unspecified atom stereocenters. The number of carbonyl (C=O) groups is 1. The minimum absolute atomic E-state index is 0.0715. The van der Waals surface area contributed by atoms with Crippen LogP contribution in [0.1, 0.15) is 5.56 Å². The topological polar surface area (TPSA) is 91.2 Å². The zero-order valence-electron chi connectivity index (χ0n) is 18.6. The van der Waals surface area contributed by atoms with E-state index in [0.717, 1.165) is 11.3 Å². The van der Waals surface area contributed by atoms with Gasteiger partial charge in [-0.2, -0.15) is 8.78 Å². The maximum atomic E-state index is 12.5. The number of nitrogens with one attached hydrogen (secondary N) is 1. The largest absolute Gasteiger partial charge is 0.493 e. The number of hydrogen-bond acceptors (Lipinski definition) is 7. The molecule has 0 bridgehead atoms. The van der Waals surface area contributed by atoms with Crippen LogP contribution in [-0.2, 0) is 11.3 Å². The summed E-state index contributed by atoms with van der Waals surface area (Å²) >= 11 is 1.25. The minimum atomic E-state index is -2.96. The Morgan fingerprint density at radius 2 is 1.91 bits per heavy atom. The van der Waals surface area contributed by atoms with Gasteiger partial charge in [-0.1, -0.05) is 36.0 Å². The molecule has 11 heteroatoms. The van der Waals surface area contributed by atoms with Crippen LogP contribution in [-0.4, -0.2) is 45.1 Å². The van der Waals surface area contributed by atoms with E-state index in [0.29, 0.717) is 16.5 Å². The van der Waals surface area contributed by atoms with Crippen LogP contribution >= 0.6 is 11.8 Å². The van der Waals surface area contributed by atoms with Crippen molar-refractivity contribution in [1.29, 1.82) is 0 Å². The standard InChI is InChI=1S/C24H21F2N5O3S/c1-33-20-12-16(9-10-19(20)34-23(25)26)13-28-21(32)15-35-24-30-29-22(17-6-5-11-27-14-17)31(24)18-7-3-2-4-8-18/h2-12,14,23H,13,15H2,1H3,(H,28,32). The Kier molecular flexibility index (Phi) is 7.88. The van der Waals surface area contributed by atoms with E-state index in [2.05, 4.69) is 25.2 Å². The number of nitrogens with zero attached hydrogens (tertiary/aromatic N) is 4. The monoisotopic (exact) mass is 497 g/mol. The molecule has 0 fully saturated rings. The number of benzene rings is 2. The molecule has 8 nitrogen and oxygen atoms in total. The molecule has 2 heterocycles. The summed E-state index contributed by atoms with van der Waals surface area (Å²) in [6, 6.07) is 17.8. The molecular formula is C24H21F2N5O3S. The number of pyridine rings is 1. The van der Waals surface area contributed by atoms with Gasteiger partial charge in [-0.15, -0.1) is 10.2 Å². The molecule has 0 aliphatic heterocycles. The first-order valence-corrected chi connectivity index (χ1v) is 11.5. The van der Waals surface area contributed by atoms with E-state index in [1.165, 1.54) is 31.0 Å². The molecule has 1 N–H and O–H groups in total. The van der Waals surface area contributed by atoms with Crippen molar-refractivity contribution in [2.24, 2.45) is 0 Å². The number of alkyl halides is 2. The fourth-order valence-electron chi connectivity index (χ4n) is 3.25. The number of methoxy groups -OCH3 is 1. The highest BCUT2D eigenvalue weighted by Gasteiger charge is 2.17. The van der Waals surface area contributed by atoms with Crippen molar-refractivity contribution < 1.29 is 23.0 Å². The summed E-state index contributed by atoms with van der Waals surface area (Å²) in [7, 11) is 1.36. The second kappa shape index (κ2) is 11.4. The highest BCUT2D eigenvalue weighted by Crippen LogP contribution is 2.30. The molecule has 4 aromatic rings. The van der Waals surface area contributed by atoms with E-state index in [1.54, 1.807) is 18.5 Å². The summed E-state index contributed by atoms with van der Waals surface area (Å²) in [4.78, 5) is 16.7. The second-order valence-corrected chi connectivity index (χ2v) is 8.09. The Bertz CT molecular complexity index is 1270. The number of hydrogen-bond donors (Lipinski definition) is 1. The van der Waals surface area contributed by atoms with Gasteiger partial charge in [0.1, 0.15) is 0 Å². The van der Waals surface area contributed by atoms with Crippen molar-refractivity contribution in [2.75, 3.05) is 12.9 Å². The van der Waals surface area contributed by atoms with Crippen LogP contribution < -0.4 is 14.8 Å². The number of halogens is 2. The predicted molar refractivity (Wildman–Crippen MR) is 127 cm³/mol. The summed E-state index contributed by atoms with van der Waals surface area (Å²) in [6.07, 6.45) is 3.39. The summed E-state index contributed by atoms with van der Waals surface area (Å²) < 4.78 is 36.4. The van der Waals surface area contributed by atoms with Crippen LogP contribution in [0.15, 0.2) is 78.2 Å². The Morgan fingerprint density at radius 3 is 2.63 bits per heavy atom. The van der Waals surface area contributed by atoms with Gasteiger partial charge in [-0.3, -0.25) is 14.3 Å². The Morgan fingerprint density at radius 1 is 1.09 bits per heavy atom. The Balaban J connectivity index is 1.44. The van der Waals surface area contributed by atoms with Crippen LogP contribution in [0.25, 0.3) is 17.1 Å². The van der Waals surface area contributed by atoms with Crippen LogP contribution in [0, 0.1) is 0 Å². The molecule has 2 aromatic heterocycles. The molecule has 1 amide bonds. The molecule has 0 radical (unpaired) electrons. The van der Waals surface area contributed by atoms with Gasteiger partial charge in [0.05, 0.1) is 12.9 Å². The Hall–Kier alpha value is -3.99. The lowest BCUT2D eigenvalue weighted by Crippen LogP contribution is -2.24. The molecule has 4 rings (SSSR count). The zero-order valence-corrected chi connectivity index (χ0v) is 19.4. The molecule has 35 heavy (non-hydrogen) atoms. The van der Waals surface area contributed by atoms with E-state index in [-0.39, 0.29) is 29.7 Å². The Labute approximate surface area is 204 Å². The lowest BCUT2D eigenvalue weighted by atomic mass is 10.2. The van der Waals surface area contributed by atoms with Crippen molar-refractivity contribution in [3.8, 4) is 28.6 Å². The van der Waals surface area contributed by atoms with Crippen molar-refractivity contribution in [3.63, 3.8) is 0 Å². The van der Waals surface area contributed by atoms with Gasteiger partial charge in [0.2, 0.25) is 5.91 Å². The first kappa shape index (κ1) is 24.1. The van der Waals surface area contributed by atoms with E-state index >= 15 is 0 Å². The maximum absolute atomic E-state index is 12.5. The summed E-state index contributed by atoms with van der Waals surface area (Å²) in [5.74, 6) is 0.572. The zero-order chi connectivity index (χ0) is 24.6. The third-order valence-electron chi connectivity index (χ3n) is 4.83. The van der Waals surface area contributed by atoms with Gasteiger partial charge in [-0.05, 0) is 42.0 Å². The number of ether oxygens (including phenoxy) is 2. The van der Waals surface area contributed by atoms with Crippen molar-refractivity contribution >= 4 is 17.7 Å². The van der Waals surface area contributed by atoms with Crippen LogP contribution in [0.4, 0.5) is 8.78 Å². The number of thioether (sulfide) groups is 1. The van der Waals surface area contributed by atoms with Gasteiger partial charge in [0.25, 0.3) is 0 Å². The first-order valence-electron chi connectivity index (χ1n) is 10.5. The van der Waals surface area contributed by atoms with Gasteiger partial charge >= 0.3 is 6.61 Å². The molecule has 0 saturated heterocycles. The van der Waals surface area contributed by atoms with Crippen molar-refractivity contribution in [1.82, 2.24) is 25.1 Å². The smallest absolute Gasteiger partial charge is 0.387 e. The highest BCUT2D eigenvalue weighted by molar-refractivity contribution is 7.99. The highest BCUT2D eigenvalue weighted by atomic mass is 32.2. The number of carbonyl (C=O) groups excluding carboxylic acids is 1. The van der Waals surface area contributed by atoms with E-state index < -0.39 is 6.61 Å². The molecule has 0 atom stereocenters. The minimum Gasteiger partial charge on any atom is -0.493 e. The average molecular weight is 498 g/mol. The van der Waals surface area contributed by atoms with E-state index in [9.17, 15) is 13.6 Å². The number of para-hydroxylation sites is 1. The lowest BCUT2D eigenvalue weighted by Gasteiger charge is -2.12. The van der Waals surface area contributed by atoms with Gasteiger partial charge < -0.3 is 14.8 Å². The van der Waals surface area contributed by atoms with Crippen LogP contribution in [0.5, 0.6) is 11.5 Å². The summed E-state index contributed by atoms with van der Waals surface area (Å²) in [6.45, 7) is -2.76. The van der Waals surface area contributed by atoms with E-state index in [4.69, 9.17) is 4.74 Å². The van der Waals surface area contributed by atoms with Gasteiger partial charge in [0.15, 0.2) is 22.5 Å². The number of amides is 1. The van der Waals surface area contributed by atoms with Crippen molar-refractivity contribution in [3.05, 3.63) is 78.6 Å². The third-order valence-corrected chi connectivity index (χ3v) is 5.76. The van der Waals surface area contributed by atoms with E-state index in [1.807, 2.05) is 47.0 Å². The predicted octanol–water partition coefficient (Wildman–Crippen LogP) is 4.35. The van der Waals surface area contributed by atoms with Gasteiger partial charge in [-0.25, -0.2) is 0 Å². The lowest BCUT2D eigenvalue weighted by molar-refractivity contribution is -0.118. The fraction of sp³-hybridized carbons (Fsp3) is 0.167. The fourth-order valence-corrected chi connectivity index (χ4v) is 4.03. The average Bonchev–Trinajstić information content (AvgIpc) is 3.31. The normalized spacial score (nSPS) is 10.9. The molecule has 180 valence electrons. The SMILES string of the molecule is COc1cc(CNC(=O)CSc2nnc(-c3cccnc3)n2-c2ccccc2)ccc1OC(F)F. The number of aromatic nitrogens is 4. The molecule has 0 saturated carbocycles. The molecule has 0 aliphatic rings. The molecule has 0 spiro atoms. The summed E-state index contributed by atoms with van der Waals surface area (Å²) in [5.41, 5.74) is 2.33. The third kappa shape index (κ3) is 6.12. The van der Waals surface area contributed by atoms with Crippen molar-refractivity contribution in [2.45, 2.75) is 18.3 Å². The van der Waals surface area contributed by atoms with Crippen LogP contribution in [0.3, 0.4) is 0 Å². The quantitative estimate of drug-likeness (QED) is 0.326.